The maximum atomic E-state index is 13.6. The van der Waals surface area contributed by atoms with Crippen LogP contribution in [-0.4, -0.2) is 64.6 Å². The van der Waals surface area contributed by atoms with Crippen LogP contribution in [0.2, 0.25) is 0 Å². The molecule has 1 fully saturated rings. The van der Waals surface area contributed by atoms with Crippen LogP contribution < -0.4 is 14.4 Å². The van der Waals surface area contributed by atoms with Crippen LogP contribution in [-0.2, 0) is 19.6 Å². The van der Waals surface area contributed by atoms with Crippen molar-refractivity contribution in [3.63, 3.8) is 0 Å². The SMILES string of the molecule is CCOc1ccc(N(CC(=O)Nc2ccccc2C(=O)N2CCOCC2)S(=O)(=O)c2ccccc2)cc1. The van der Waals surface area contributed by atoms with Gasteiger partial charge >= 0.3 is 0 Å². The van der Waals surface area contributed by atoms with Gasteiger partial charge in [-0.15, -0.1) is 0 Å². The lowest BCUT2D eigenvalue weighted by atomic mass is 10.1. The van der Waals surface area contributed by atoms with Crippen molar-refractivity contribution in [3.8, 4) is 5.75 Å². The highest BCUT2D eigenvalue weighted by Gasteiger charge is 2.28. The molecule has 37 heavy (non-hydrogen) atoms. The number of carbonyl (C=O) groups is 2. The number of hydrogen-bond acceptors (Lipinski definition) is 6. The number of sulfonamides is 1. The number of hydrogen-bond donors (Lipinski definition) is 1. The molecule has 1 aliphatic heterocycles. The lowest BCUT2D eigenvalue weighted by molar-refractivity contribution is -0.114. The van der Waals surface area contributed by atoms with Gasteiger partial charge in [-0.05, 0) is 55.5 Å². The number of amides is 2. The van der Waals surface area contributed by atoms with Crippen LogP contribution in [0.15, 0.2) is 83.8 Å². The van der Waals surface area contributed by atoms with Crippen molar-refractivity contribution >= 4 is 33.2 Å². The summed E-state index contributed by atoms with van der Waals surface area (Å²) in [4.78, 5) is 28.0. The summed E-state index contributed by atoms with van der Waals surface area (Å²) >= 11 is 0. The molecular weight excluding hydrogens is 494 g/mol. The summed E-state index contributed by atoms with van der Waals surface area (Å²) in [5.41, 5.74) is 0.948. The Morgan fingerprint density at radius 3 is 2.27 bits per heavy atom. The second-order valence-corrected chi connectivity index (χ2v) is 10.1. The predicted octanol–water partition coefficient (Wildman–Crippen LogP) is 3.39. The van der Waals surface area contributed by atoms with Crippen LogP contribution in [0.4, 0.5) is 11.4 Å². The molecule has 0 spiro atoms. The highest BCUT2D eigenvalue weighted by molar-refractivity contribution is 7.92. The summed E-state index contributed by atoms with van der Waals surface area (Å²) in [5, 5.41) is 2.74. The molecule has 3 aromatic rings. The second kappa shape index (κ2) is 11.9. The Labute approximate surface area is 216 Å². The highest BCUT2D eigenvalue weighted by atomic mass is 32.2. The van der Waals surface area contributed by atoms with Gasteiger partial charge in [-0.2, -0.15) is 0 Å². The minimum absolute atomic E-state index is 0.0552. The lowest BCUT2D eigenvalue weighted by Crippen LogP contribution is -2.41. The van der Waals surface area contributed by atoms with Gasteiger partial charge in [0.05, 0.1) is 41.7 Å². The number of morpholine rings is 1. The van der Waals surface area contributed by atoms with Crippen LogP contribution in [0.25, 0.3) is 0 Å². The topological polar surface area (TPSA) is 105 Å². The first-order valence-electron chi connectivity index (χ1n) is 12.0. The van der Waals surface area contributed by atoms with E-state index in [2.05, 4.69) is 5.32 Å². The molecule has 0 unspecified atom stereocenters. The molecule has 1 heterocycles. The standard InChI is InChI=1S/C27H29N3O6S/c1-2-36-22-14-12-21(13-15-22)30(37(33,34)23-8-4-3-5-9-23)20-26(31)28-25-11-7-6-10-24(25)27(32)29-16-18-35-19-17-29/h3-15H,2,16-20H2,1H3,(H,28,31). The molecule has 2 amide bonds. The molecule has 1 aliphatic rings. The summed E-state index contributed by atoms with van der Waals surface area (Å²) in [6, 6.07) is 21.1. The first-order valence-corrected chi connectivity index (χ1v) is 13.4. The number of nitrogens with zero attached hydrogens (tertiary/aromatic N) is 2. The molecule has 3 aromatic carbocycles. The van der Waals surface area contributed by atoms with E-state index in [0.29, 0.717) is 55.6 Å². The minimum Gasteiger partial charge on any atom is -0.494 e. The number of anilines is 2. The van der Waals surface area contributed by atoms with Gasteiger partial charge in [0.25, 0.3) is 15.9 Å². The van der Waals surface area contributed by atoms with E-state index >= 15 is 0 Å². The Balaban J connectivity index is 1.60. The van der Waals surface area contributed by atoms with Crippen molar-refractivity contribution in [2.75, 3.05) is 49.1 Å². The molecule has 0 bridgehead atoms. The molecule has 1 N–H and O–H groups in total. The van der Waals surface area contributed by atoms with Crippen LogP contribution in [0.1, 0.15) is 17.3 Å². The quantitative estimate of drug-likeness (QED) is 0.461. The lowest BCUT2D eigenvalue weighted by Gasteiger charge is -2.28. The third kappa shape index (κ3) is 6.28. The summed E-state index contributed by atoms with van der Waals surface area (Å²) in [6.45, 7) is 3.65. The van der Waals surface area contributed by atoms with Crippen molar-refractivity contribution in [1.29, 1.82) is 0 Å². The van der Waals surface area contributed by atoms with E-state index in [-0.39, 0.29) is 10.8 Å². The molecule has 0 aromatic heterocycles. The summed E-state index contributed by atoms with van der Waals surface area (Å²) in [6.07, 6.45) is 0. The number of nitrogens with one attached hydrogen (secondary N) is 1. The van der Waals surface area contributed by atoms with Gasteiger partial charge in [0.2, 0.25) is 5.91 Å². The molecule has 0 radical (unpaired) electrons. The van der Waals surface area contributed by atoms with Crippen LogP contribution >= 0.6 is 0 Å². The Kier molecular flexibility index (Phi) is 8.42. The molecule has 194 valence electrons. The van der Waals surface area contributed by atoms with Gasteiger partial charge in [0.1, 0.15) is 12.3 Å². The summed E-state index contributed by atoms with van der Waals surface area (Å²) in [5.74, 6) is -0.224. The Morgan fingerprint density at radius 1 is 0.946 bits per heavy atom. The van der Waals surface area contributed by atoms with E-state index in [9.17, 15) is 18.0 Å². The fourth-order valence-corrected chi connectivity index (χ4v) is 5.39. The van der Waals surface area contributed by atoms with E-state index in [1.54, 1.807) is 71.6 Å². The zero-order chi connectivity index (χ0) is 26.3. The second-order valence-electron chi connectivity index (χ2n) is 8.25. The third-order valence-corrected chi connectivity index (χ3v) is 7.57. The Morgan fingerprint density at radius 2 is 1.59 bits per heavy atom. The molecule has 10 heteroatoms. The zero-order valence-corrected chi connectivity index (χ0v) is 21.3. The van der Waals surface area contributed by atoms with Gasteiger partial charge in [-0.1, -0.05) is 30.3 Å². The van der Waals surface area contributed by atoms with Crippen LogP contribution in [0, 0.1) is 0 Å². The largest absolute Gasteiger partial charge is 0.494 e. The average Bonchev–Trinajstić information content (AvgIpc) is 2.93. The summed E-state index contributed by atoms with van der Waals surface area (Å²) < 4.78 is 38.9. The number of ether oxygens (including phenoxy) is 2. The van der Waals surface area contributed by atoms with Crippen molar-refractivity contribution in [2.24, 2.45) is 0 Å². The van der Waals surface area contributed by atoms with E-state index in [4.69, 9.17) is 9.47 Å². The first kappa shape index (κ1) is 26.2. The third-order valence-electron chi connectivity index (χ3n) is 5.78. The number of para-hydroxylation sites is 1. The average molecular weight is 524 g/mol. The van der Waals surface area contributed by atoms with Crippen LogP contribution in [0.3, 0.4) is 0 Å². The zero-order valence-electron chi connectivity index (χ0n) is 20.5. The number of carbonyl (C=O) groups excluding carboxylic acids is 2. The molecular formula is C27H29N3O6S. The van der Waals surface area contributed by atoms with Crippen molar-refractivity contribution in [3.05, 3.63) is 84.4 Å². The molecule has 1 saturated heterocycles. The summed E-state index contributed by atoms with van der Waals surface area (Å²) in [7, 11) is -4.07. The van der Waals surface area contributed by atoms with Gasteiger partial charge in [0, 0.05) is 13.1 Å². The van der Waals surface area contributed by atoms with Gasteiger partial charge < -0.3 is 19.7 Å². The Bertz CT molecular complexity index is 1320. The normalized spacial score (nSPS) is 13.6. The van der Waals surface area contributed by atoms with Gasteiger partial charge in [0.15, 0.2) is 0 Å². The number of rotatable bonds is 9. The molecule has 9 nitrogen and oxygen atoms in total. The molecule has 4 rings (SSSR count). The van der Waals surface area contributed by atoms with E-state index in [1.165, 1.54) is 12.1 Å². The molecule has 0 atom stereocenters. The van der Waals surface area contributed by atoms with E-state index < -0.39 is 22.5 Å². The van der Waals surface area contributed by atoms with Gasteiger partial charge in [-0.3, -0.25) is 13.9 Å². The van der Waals surface area contributed by atoms with Crippen LogP contribution in [0.5, 0.6) is 5.75 Å². The van der Waals surface area contributed by atoms with E-state index in [1.807, 2.05) is 6.92 Å². The molecule has 0 aliphatic carbocycles. The Hall–Kier alpha value is -3.89. The van der Waals surface area contributed by atoms with Crippen molar-refractivity contribution < 1.29 is 27.5 Å². The van der Waals surface area contributed by atoms with Crippen molar-refractivity contribution in [2.45, 2.75) is 11.8 Å². The van der Waals surface area contributed by atoms with Crippen molar-refractivity contribution in [1.82, 2.24) is 4.90 Å². The smallest absolute Gasteiger partial charge is 0.264 e. The monoisotopic (exact) mass is 523 g/mol. The number of benzene rings is 3. The predicted molar refractivity (Wildman–Crippen MR) is 140 cm³/mol. The highest BCUT2D eigenvalue weighted by Crippen LogP contribution is 2.26. The van der Waals surface area contributed by atoms with E-state index in [0.717, 1.165) is 4.31 Å². The fourth-order valence-electron chi connectivity index (χ4n) is 3.95. The maximum Gasteiger partial charge on any atom is 0.264 e. The molecule has 0 saturated carbocycles. The van der Waals surface area contributed by atoms with Gasteiger partial charge in [-0.25, -0.2) is 8.42 Å². The fraction of sp³-hybridized carbons (Fsp3) is 0.259. The minimum atomic E-state index is -4.07. The first-order chi connectivity index (χ1) is 17.9. The maximum absolute atomic E-state index is 13.6.